The molecular weight excluding hydrogens is 469 g/mol. The number of nitrogens with one attached hydrogen (secondary N) is 1. The molecule has 0 spiro atoms. The fourth-order valence-corrected chi connectivity index (χ4v) is 3.15. The van der Waals surface area contributed by atoms with E-state index in [1.807, 2.05) is 0 Å². The van der Waals surface area contributed by atoms with Crippen molar-refractivity contribution >= 4 is 29.1 Å². The lowest BCUT2D eigenvalue weighted by atomic mass is 10.1. The Bertz CT molecular complexity index is 872. The highest BCUT2D eigenvalue weighted by molar-refractivity contribution is 6.10. The van der Waals surface area contributed by atoms with Crippen LogP contribution in [0.15, 0.2) is 18.2 Å². The highest BCUT2D eigenvalue weighted by atomic mass is 19.4. The van der Waals surface area contributed by atoms with E-state index in [0.29, 0.717) is 6.07 Å². The molecule has 0 radical (unpaired) electrons. The molecule has 1 atom stereocenters. The first-order valence-electron chi connectivity index (χ1n) is 9.31. The van der Waals surface area contributed by atoms with Crippen LogP contribution in [0.5, 0.6) is 0 Å². The fraction of sp³-hybridized carbons (Fsp3) is 0.500. The van der Waals surface area contributed by atoms with Crippen LogP contribution in [0.4, 0.5) is 42.1 Å². The predicted molar refractivity (Wildman–Crippen MR) is 99.8 cm³/mol. The van der Waals surface area contributed by atoms with Crippen molar-refractivity contribution in [1.82, 2.24) is 4.90 Å². The maximum Gasteiger partial charge on any atom is 0.418 e. The van der Waals surface area contributed by atoms with Crippen molar-refractivity contribution in [2.24, 2.45) is 5.73 Å². The molecule has 1 aromatic rings. The largest absolute Gasteiger partial charge is 0.418 e. The molecule has 1 fully saturated rings. The number of rotatable bonds is 9. The second-order valence-corrected chi connectivity index (χ2v) is 6.86. The van der Waals surface area contributed by atoms with Crippen LogP contribution in [-0.4, -0.2) is 74.4 Å². The Morgan fingerprint density at radius 3 is 2.24 bits per heavy atom. The summed E-state index contributed by atoms with van der Waals surface area (Å²) < 4.78 is 96.8. The van der Waals surface area contributed by atoms with Gasteiger partial charge in [-0.1, -0.05) is 0 Å². The number of ether oxygens (including phenoxy) is 1. The third-order valence-electron chi connectivity index (χ3n) is 4.49. The number of alkyl halides is 7. The highest BCUT2D eigenvalue weighted by Crippen LogP contribution is 2.37. The van der Waals surface area contributed by atoms with Crippen LogP contribution in [-0.2, 0) is 25.3 Å². The highest BCUT2D eigenvalue weighted by Gasteiger charge is 2.38. The van der Waals surface area contributed by atoms with Gasteiger partial charge in [-0.25, -0.2) is 17.6 Å². The van der Waals surface area contributed by atoms with Gasteiger partial charge in [0.2, 0.25) is 5.91 Å². The Kier molecular flexibility index (Phi) is 8.60. The van der Waals surface area contributed by atoms with E-state index in [2.05, 4.69) is 0 Å². The van der Waals surface area contributed by atoms with Crippen molar-refractivity contribution in [2.75, 3.05) is 43.1 Å². The van der Waals surface area contributed by atoms with Crippen molar-refractivity contribution < 1.29 is 49.9 Å². The molecule has 1 aliphatic rings. The number of nitrogens with two attached hydrogens (primary N) is 1. The standard InChI is InChI=1S/C18H19F7N4O4/c19-12(20)6-28(7-13(21)22)15(16(26)31)17(32)27-11-2-1-9(5-10(11)18(23,24)25)29-3-4-33-8-14(29)30/h1-2,5,12-13,15H,3-4,6-8H2,(H2,26,31)(H,27,32)/t15-/m0/s1. The summed E-state index contributed by atoms with van der Waals surface area (Å²) in [6.45, 7) is -3.19. The van der Waals surface area contributed by atoms with Gasteiger partial charge in [0.05, 0.1) is 30.9 Å². The maximum atomic E-state index is 13.6. The van der Waals surface area contributed by atoms with Gasteiger partial charge in [0.25, 0.3) is 24.7 Å². The van der Waals surface area contributed by atoms with Gasteiger partial charge in [-0.05, 0) is 18.2 Å². The number of benzene rings is 1. The van der Waals surface area contributed by atoms with Crippen molar-refractivity contribution in [3.63, 3.8) is 0 Å². The van der Waals surface area contributed by atoms with Gasteiger partial charge in [0, 0.05) is 12.2 Å². The number of hydrogen-bond acceptors (Lipinski definition) is 5. The van der Waals surface area contributed by atoms with Gasteiger partial charge in [0.1, 0.15) is 6.61 Å². The van der Waals surface area contributed by atoms with Gasteiger partial charge >= 0.3 is 6.18 Å². The molecule has 1 heterocycles. The fourth-order valence-electron chi connectivity index (χ4n) is 3.15. The van der Waals surface area contributed by atoms with Crippen molar-refractivity contribution in [2.45, 2.75) is 25.1 Å². The van der Waals surface area contributed by atoms with Crippen LogP contribution in [0.3, 0.4) is 0 Å². The molecule has 0 aromatic heterocycles. The van der Waals surface area contributed by atoms with E-state index >= 15 is 0 Å². The summed E-state index contributed by atoms with van der Waals surface area (Å²) in [5, 5.41) is 1.75. The van der Waals surface area contributed by atoms with E-state index in [-0.39, 0.29) is 30.3 Å². The molecule has 2 rings (SSSR count). The Morgan fingerprint density at radius 1 is 1.15 bits per heavy atom. The lowest BCUT2D eigenvalue weighted by Crippen LogP contribution is -2.54. The summed E-state index contributed by atoms with van der Waals surface area (Å²) >= 11 is 0. The second-order valence-electron chi connectivity index (χ2n) is 6.86. The number of carbonyl (C=O) groups is 3. The Balaban J connectivity index is 2.38. The molecule has 0 unspecified atom stereocenters. The van der Waals surface area contributed by atoms with E-state index in [4.69, 9.17) is 10.5 Å². The number of carbonyl (C=O) groups excluding carboxylic acids is 3. The SMILES string of the molecule is NC(=O)[C@@H](C(=O)Nc1ccc(N2CCOCC2=O)cc1C(F)(F)F)N(CC(F)F)CC(F)F. The molecule has 184 valence electrons. The predicted octanol–water partition coefficient (Wildman–Crippen LogP) is 1.69. The molecule has 3 amide bonds. The van der Waals surface area contributed by atoms with Crippen LogP contribution in [0.2, 0.25) is 0 Å². The number of nitrogens with zero attached hydrogens (tertiary/aromatic N) is 2. The average Bonchev–Trinajstić information content (AvgIpc) is 2.66. The number of amides is 3. The molecule has 3 N–H and O–H groups in total. The average molecular weight is 488 g/mol. The minimum atomic E-state index is -5.05. The van der Waals surface area contributed by atoms with E-state index < -0.39 is 67.1 Å². The summed E-state index contributed by atoms with van der Waals surface area (Å²) in [5.41, 5.74) is 2.52. The van der Waals surface area contributed by atoms with Gasteiger partial charge in [-0.2, -0.15) is 13.2 Å². The molecule has 1 aliphatic heterocycles. The number of primary amides is 1. The van der Waals surface area contributed by atoms with Gasteiger partial charge in [-0.3, -0.25) is 19.3 Å². The Morgan fingerprint density at radius 2 is 1.76 bits per heavy atom. The first kappa shape index (κ1) is 26.3. The molecule has 0 bridgehead atoms. The molecule has 0 aliphatic carbocycles. The smallest absolute Gasteiger partial charge is 0.370 e. The zero-order valence-corrected chi connectivity index (χ0v) is 16.8. The topological polar surface area (TPSA) is 105 Å². The van der Waals surface area contributed by atoms with Crippen LogP contribution < -0.4 is 16.0 Å². The number of anilines is 2. The third-order valence-corrected chi connectivity index (χ3v) is 4.49. The Labute approximate surface area is 182 Å². The molecule has 33 heavy (non-hydrogen) atoms. The lowest BCUT2D eigenvalue weighted by Gasteiger charge is -2.29. The van der Waals surface area contributed by atoms with E-state index in [1.165, 1.54) is 0 Å². The van der Waals surface area contributed by atoms with Crippen molar-refractivity contribution in [3.05, 3.63) is 23.8 Å². The number of halogens is 7. The van der Waals surface area contributed by atoms with E-state index in [9.17, 15) is 45.1 Å². The van der Waals surface area contributed by atoms with Crippen LogP contribution in [0.25, 0.3) is 0 Å². The quantitative estimate of drug-likeness (QED) is 0.407. The number of hydrogen-bond donors (Lipinski definition) is 2. The number of morpholine rings is 1. The molecule has 1 saturated heterocycles. The Hall–Kier alpha value is -2.94. The molecule has 15 heteroatoms. The van der Waals surface area contributed by atoms with Crippen molar-refractivity contribution in [1.29, 1.82) is 0 Å². The summed E-state index contributed by atoms with van der Waals surface area (Å²) in [7, 11) is 0. The van der Waals surface area contributed by atoms with Crippen molar-refractivity contribution in [3.8, 4) is 0 Å². The monoisotopic (exact) mass is 488 g/mol. The third kappa shape index (κ3) is 7.02. The minimum absolute atomic E-state index is 0.0260. The van der Waals surface area contributed by atoms with Crippen LogP contribution >= 0.6 is 0 Å². The summed E-state index contributed by atoms with van der Waals surface area (Å²) in [6, 6.07) is 0.0218. The zero-order chi connectivity index (χ0) is 24.9. The van der Waals surface area contributed by atoms with Gasteiger partial charge < -0.3 is 20.7 Å². The first-order chi connectivity index (χ1) is 15.3. The molecular formula is C18H19F7N4O4. The normalized spacial score (nSPS) is 15.9. The van der Waals surface area contributed by atoms with Gasteiger partial charge in [0.15, 0.2) is 6.04 Å². The summed E-state index contributed by atoms with van der Waals surface area (Å²) in [4.78, 5) is 37.2. The van der Waals surface area contributed by atoms with Crippen LogP contribution in [0, 0.1) is 0 Å². The summed E-state index contributed by atoms with van der Waals surface area (Å²) in [6.07, 6.45) is -11.5. The zero-order valence-electron chi connectivity index (χ0n) is 16.8. The maximum absolute atomic E-state index is 13.6. The van der Waals surface area contributed by atoms with E-state index in [0.717, 1.165) is 17.0 Å². The molecule has 8 nitrogen and oxygen atoms in total. The molecule has 0 saturated carbocycles. The van der Waals surface area contributed by atoms with Crippen LogP contribution in [0.1, 0.15) is 5.56 Å². The van der Waals surface area contributed by atoms with E-state index in [1.54, 1.807) is 5.32 Å². The molecule has 1 aromatic carbocycles. The minimum Gasteiger partial charge on any atom is -0.370 e. The van der Waals surface area contributed by atoms with Gasteiger partial charge in [-0.15, -0.1) is 0 Å². The summed E-state index contributed by atoms with van der Waals surface area (Å²) in [5.74, 6) is -3.82. The second kappa shape index (κ2) is 10.8. The lowest BCUT2D eigenvalue weighted by molar-refractivity contribution is -0.137. The first-order valence-corrected chi connectivity index (χ1v) is 9.31.